The van der Waals surface area contributed by atoms with Crippen molar-refractivity contribution in [2.24, 2.45) is 0 Å². The van der Waals surface area contributed by atoms with Gasteiger partial charge in [0, 0.05) is 71.1 Å². The highest BCUT2D eigenvalue weighted by Gasteiger charge is 2.48. The van der Waals surface area contributed by atoms with Crippen molar-refractivity contribution in [3.8, 4) is 0 Å². The summed E-state index contributed by atoms with van der Waals surface area (Å²) in [4.78, 5) is 176. The fraction of sp³-hybridized carbons (Fsp3) is 0.307. The van der Waals surface area contributed by atoms with Crippen molar-refractivity contribution in [2.75, 3.05) is 11.5 Å². The third-order valence-electron chi connectivity index (χ3n) is 18.2. The molecule has 5 atom stereocenters. The van der Waals surface area contributed by atoms with Crippen LogP contribution in [0.2, 0.25) is 0 Å². The van der Waals surface area contributed by atoms with Gasteiger partial charge in [0.15, 0.2) is 11.6 Å². The molecule has 2 aliphatic carbocycles. The highest BCUT2D eigenvalue weighted by Crippen LogP contribution is 2.36. The number of carbonyl (C=O) groups excluding carboxylic acids is 14. The van der Waals surface area contributed by atoms with E-state index in [2.05, 4.69) is 42.3 Å². The van der Waals surface area contributed by atoms with Crippen LogP contribution in [0.3, 0.4) is 0 Å². The van der Waals surface area contributed by atoms with Crippen LogP contribution in [-0.4, -0.2) is 137 Å². The predicted octanol–water partition coefficient (Wildman–Crippen LogP) is 8.09. The number of nitrogens with zero attached hydrogens (tertiary/aromatic N) is 5. The standard InChI is InChI=1S/C15H14N2O3.C14H15N3O2.C14H12N2O3.C14H14N2O2.C14H11NO4.2C2H6/c1-8-5-6-11(12(18)7-8)17-14(19)9-3-2-4-10(16)13(9)15(17)20;1-8-5-6-12(13(18)16-8)17-7-10-9(14(17)19)3-2-4-11(10)15;1-8-6-7-11(12(17)15-8)16-13(18)9-4-2-3-5-10(9)14(16)19;1-9-6-7-12(13(17)15-9)16-8-10-4-2-3-5-11(10)14(16)18;16-8-5-6-11(12(17)7-8)15-13(18)9-3-1-2-4-10(9)14(15)19;2*1-2/h2-4,11H,1,5-7,16H2;2-4,12H,1,5-7,15H2,(H,16,18);2-5,11H,1,6-7H2,(H,15,17);2-5,12H,1,6-8H2,(H,15,17);1-4,11H,5-7H2;2*1-2H3. The molecule has 7 N–H and O–H groups in total. The second-order valence-corrected chi connectivity index (χ2v) is 24.3. The number of Topliss-reactive ketones (excluding diaryl/α,β-unsaturated/α-hetero) is 3. The summed E-state index contributed by atoms with van der Waals surface area (Å²) in [6.45, 7) is 23.9. The monoisotopic (exact) mass is 1340 g/mol. The lowest BCUT2D eigenvalue weighted by Gasteiger charge is -2.30. The largest absolute Gasteiger partial charge is 0.398 e. The van der Waals surface area contributed by atoms with Crippen LogP contribution in [0.1, 0.15) is 199 Å². The minimum absolute atomic E-state index is 0.0433. The van der Waals surface area contributed by atoms with Gasteiger partial charge in [0.25, 0.3) is 47.3 Å². The maximum absolute atomic E-state index is 12.4. The average molecular weight is 1340 g/mol. The van der Waals surface area contributed by atoms with Crippen molar-refractivity contribution in [3.05, 3.63) is 214 Å². The van der Waals surface area contributed by atoms with E-state index in [0.717, 1.165) is 49.1 Å². The van der Waals surface area contributed by atoms with Gasteiger partial charge in [0.1, 0.15) is 23.9 Å². The fourth-order valence-corrected chi connectivity index (χ4v) is 13.2. The molecule has 10 aliphatic rings. The van der Waals surface area contributed by atoms with E-state index in [1.165, 1.54) is 0 Å². The summed E-state index contributed by atoms with van der Waals surface area (Å²) in [6, 6.07) is 27.7. The Hall–Kier alpha value is -11.6. The van der Waals surface area contributed by atoms with E-state index in [1.807, 2.05) is 52.0 Å². The third-order valence-corrected chi connectivity index (χ3v) is 18.2. The first-order chi connectivity index (χ1) is 47.4. The highest BCUT2D eigenvalue weighted by molar-refractivity contribution is 6.26. The zero-order valence-electron chi connectivity index (χ0n) is 55.6. The molecule has 5 aromatic carbocycles. The van der Waals surface area contributed by atoms with Gasteiger partial charge in [-0.2, -0.15) is 0 Å². The smallest absolute Gasteiger partial charge is 0.264 e. The van der Waals surface area contributed by atoms with Crippen molar-refractivity contribution < 1.29 is 67.1 Å². The molecule has 512 valence electrons. The summed E-state index contributed by atoms with van der Waals surface area (Å²) >= 11 is 0. The second-order valence-electron chi connectivity index (χ2n) is 24.3. The van der Waals surface area contributed by atoms with E-state index >= 15 is 0 Å². The molecular formula is C75H78N10O14. The predicted molar refractivity (Wildman–Crippen MR) is 365 cm³/mol. The number of rotatable bonds is 5. The van der Waals surface area contributed by atoms with Gasteiger partial charge in [-0.05, 0) is 118 Å². The number of anilines is 2. The first-order valence-electron chi connectivity index (χ1n) is 32.9. The second kappa shape index (κ2) is 30.7. The normalized spacial score (nSPS) is 21.9. The molecular weight excluding hydrogens is 1260 g/mol. The van der Waals surface area contributed by atoms with Crippen molar-refractivity contribution in [2.45, 2.75) is 148 Å². The molecule has 5 unspecified atom stereocenters. The Morgan fingerprint density at radius 1 is 0.354 bits per heavy atom. The lowest BCUT2D eigenvalue weighted by molar-refractivity contribution is -0.133. The van der Waals surface area contributed by atoms with E-state index in [-0.39, 0.29) is 95.4 Å². The Morgan fingerprint density at radius 2 is 0.717 bits per heavy atom. The maximum atomic E-state index is 12.4. The summed E-state index contributed by atoms with van der Waals surface area (Å²) in [6.07, 6.45) is 5.33. The van der Waals surface area contributed by atoms with Gasteiger partial charge in [-0.25, -0.2) is 0 Å². The van der Waals surface area contributed by atoms with Gasteiger partial charge in [0.05, 0.1) is 51.9 Å². The van der Waals surface area contributed by atoms with Crippen LogP contribution < -0.4 is 27.4 Å². The number of allylic oxidation sites excluding steroid dienone is 4. The van der Waals surface area contributed by atoms with Crippen LogP contribution in [0.15, 0.2) is 158 Å². The van der Waals surface area contributed by atoms with Gasteiger partial charge in [-0.1, -0.05) is 114 Å². The van der Waals surface area contributed by atoms with E-state index in [4.69, 9.17) is 11.5 Å². The van der Waals surface area contributed by atoms with Crippen LogP contribution in [0.25, 0.3) is 0 Å². The zero-order chi connectivity index (χ0) is 71.8. The molecule has 0 spiro atoms. The molecule has 24 heteroatoms. The minimum Gasteiger partial charge on any atom is -0.398 e. The number of fused-ring (bicyclic) bond motifs is 5. The van der Waals surface area contributed by atoms with Crippen LogP contribution >= 0.6 is 0 Å². The van der Waals surface area contributed by atoms with E-state index in [9.17, 15) is 67.1 Å². The first kappa shape index (κ1) is 71.7. The zero-order valence-corrected chi connectivity index (χ0v) is 55.6. The number of nitrogens with one attached hydrogen (secondary N) is 3. The van der Waals surface area contributed by atoms with Crippen molar-refractivity contribution in [3.63, 3.8) is 0 Å². The number of benzene rings is 5. The number of piperidine rings is 3. The van der Waals surface area contributed by atoms with E-state index in [0.29, 0.717) is 103 Å². The van der Waals surface area contributed by atoms with Crippen molar-refractivity contribution in [1.82, 2.24) is 40.4 Å². The number of hydrogen-bond donors (Lipinski definition) is 5. The Bertz CT molecular complexity index is 4120. The van der Waals surface area contributed by atoms with Gasteiger partial charge in [-0.15, -0.1) is 0 Å². The van der Waals surface area contributed by atoms with Crippen LogP contribution in [0, 0.1) is 0 Å². The Balaban J connectivity index is 0.000000143. The Kier molecular flexibility index (Phi) is 22.2. The maximum Gasteiger partial charge on any atom is 0.264 e. The topological polar surface area (TPSA) is 343 Å². The molecule has 8 aliphatic heterocycles. The van der Waals surface area contributed by atoms with Crippen molar-refractivity contribution in [1.29, 1.82) is 0 Å². The molecule has 5 aromatic rings. The van der Waals surface area contributed by atoms with E-state index < -0.39 is 59.6 Å². The number of nitrogens with two attached hydrogens (primary N) is 2. The van der Waals surface area contributed by atoms with Crippen LogP contribution in [-0.2, 0) is 41.9 Å². The van der Waals surface area contributed by atoms with Gasteiger partial charge < -0.3 is 37.2 Å². The molecule has 15 rings (SSSR count). The molecule has 24 nitrogen and oxygen atoms in total. The molecule has 99 heavy (non-hydrogen) atoms. The SMILES string of the molecule is C=C1CCC(N2C(=O)c3cccc(N)c3C2=O)C(=O)C1.C=C1CCC(N2C(=O)c3ccccc3C2=O)C(=O)N1.C=C1CCC(N2Cc3c(N)cccc3C2=O)C(=O)N1.C=C1CCC(N2Cc3ccccc3C2=O)C(=O)N1.CC.CC.O=C1CCC(N2C(=O)c3ccccc3C2=O)C(=O)C1. The highest BCUT2D eigenvalue weighted by atomic mass is 16.2. The lowest BCUT2D eigenvalue weighted by atomic mass is 9.89. The fourth-order valence-electron chi connectivity index (χ4n) is 13.2. The molecule has 11 amide bonds. The van der Waals surface area contributed by atoms with Crippen LogP contribution in [0.4, 0.5) is 11.4 Å². The number of hydrogen-bond acceptors (Lipinski definition) is 16. The number of carbonyl (C=O) groups is 14. The number of ketones is 3. The van der Waals surface area contributed by atoms with Gasteiger partial charge in [-0.3, -0.25) is 81.8 Å². The molecule has 0 aromatic heterocycles. The molecule has 0 bridgehead atoms. The number of imide groups is 3. The summed E-state index contributed by atoms with van der Waals surface area (Å²) in [5.74, 6) is -3.93. The summed E-state index contributed by atoms with van der Waals surface area (Å²) in [5.41, 5.74) is 20.5. The molecule has 0 radical (unpaired) electrons. The van der Waals surface area contributed by atoms with Gasteiger partial charge >= 0.3 is 0 Å². The quantitative estimate of drug-likeness (QED) is 0.0480. The Morgan fingerprint density at radius 3 is 1.16 bits per heavy atom. The lowest BCUT2D eigenvalue weighted by Crippen LogP contribution is -2.51. The van der Waals surface area contributed by atoms with E-state index in [1.54, 1.807) is 94.7 Å². The molecule has 2 saturated carbocycles. The first-order valence-corrected chi connectivity index (χ1v) is 32.9. The van der Waals surface area contributed by atoms with Crippen LogP contribution in [0.5, 0.6) is 0 Å². The summed E-state index contributed by atoms with van der Waals surface area (Å²) in [7, 11) is 0. The molecule has 3 saturated heterocycles. The summed E-state index contributed by atoms with van der Waals surface area (Å²) in [5, 5.41) is 8.03. The number of amides is 11. The van der Waals surface area contributed by atoms with Crippen molar-refractivity contribution >= 4 is 93.7 Å². The molecule has 8 heterocycles. The van der Waals surface area contributed by atoms with Gasteiger partial charge in [0.2, 0.25) is 17.7 Å². The minimum atomic E-state index is -0.787. The Labute approximate surface area is 572 Å². The number of nitrogen functional groups attached to an aromatic ring is 2. The average Bonchev–Trinajstić information content (AvgIpc) is 1.65. The third kappa shape index (κ3) is 14.5. The summed E-state index contributed by atoms with van der Waals surface area (Å²) < 4.78 is 0. The molecule has 5 fully saturated rings.